The third-order valence-electron chi connectivity index (χ3n) is 3.00. The van der Waals surface area contributed by atoms with Gasteiger partial charge in [0.2, 0.25) is 5.78 Å². The molecule has 0 saturated carbocycles. The fourth-order valence-electron chi connectivity index (χ4n) is 1.82. The van der Waals surface area contributed by atoms with Gasteiger partial charge >= 0.3 is 5.97 Å². The molecule has 0 aromatic heterocycles. The summed E-state index contributed by atoms with van der Waals surface area (Å²) < 4.78 is 5.77. The van der Waals surface area contributed by atoms with Crippen molar-refractivity contribution < 1.29 is 14.3 Å². The quantitative estimate of drug-likeness (QED) is 0.188. The Labute approximate surface area is 152 Å². The number of carbonyl (C=O) groups excluding carboxylic acids is 2. The monoisotopic (exact) mass is 441 g/mol. The highest BCUT2D eigenvalue weighted by molar-refractivity contribution is 14.1. The van der Waals surface area contributed by atoms with Gasteiger partial charge < -0.3 is 10.1 Å². The van der Waals surface area contributed by atoms with Crippen molar-refractivity contribution in [2.75, 3.05) is 12.4 Å². The lowest BCUT2D eigenvalue weighted by atomic mass is 10.0. The Morgan fingerprint density at radius 2 is 1.78 bits per heavy atom. The maximum absolute atomic E-state index is 12.5. The van der Waals surface area contributed by atoms with E-state index in [4.69, 9.17) is 16.3 Å². The van der Waals surface area contributed by atoms with Gasteiger partial charge in [0, 0.05) is 21.0 Å². The molecule has 0 aliphatic carbocycles. The van der Waals surface area contributed by atoms with Gasteiger partial charge in [-0.05, 0) is 59.0 Å². The molecule has 0 atom stereocenters. The van der Waals surface area contributed by atoms with Gasteiger partial charge in [0.1, 0.15) is 5.57 Å². The highest BCUT2D eigenvalue weighted by atomic mass is 127. The lowest BCUT2D eigenvalue weighted by molar-refractivity contribution is -0.135. The van der Waals surface area contributed by atoms with Crippen LogP contribution in [0.5, 0.6) is 0 Å². The van der Waals surface area contributed by atoms with Crippen LogP contribution >= 0.6 is 34.2 Å². The molecular weight excluding hydrogens is 429 g/mol. The fourth-order valence-corrected chi connectivity index (χ4v) is 2.40. The van der Waals surface area contributed by atoms with Gasteiger partial charge in [-0.1, -0.05) is 23.7 Å². The number of halogens is 2. The standard InChI is InChI=1S/C17H13ClINO3/c1-23-17(22)14(10-20-12-8-6-11(19)7-9-12)16(21)13-4-2-3-5-15(13)18/h2-10,20H,1H3. The van der Waals surface area contributed by atoms with E-state index in [0.717, 1.165) is 9.26 Å². The van der Waals surface area contributed by atoms with Crippen molar-refractivity contribution in [3.8, 4) is 0 Å². The second-order valence-electron chi connectivity index (χ2n) is 4.51. The zero-order valence-electron chi connectivity index (χ0n) is 12.2. The van der Waals surface area contributed by atoms with Gasteiger partial charge in [-0.2, -0.15) is 0 Å². The summed E-state index contributed by atoms with van der Waals surface area (Å²) in [6, 6.07) is 14.0. The Morgan fingerprint density at radius 3 is 2.39 bits per heavy atom. The van der Waals surface area contributed by atoms with Crippen molar-refractivity contribution >= 4 is 51.6 Å². The molecule has 0 bridgehead atoms. The van der Waals surface area contributed by atoms with Crippen molar-refractivity contribution in [1.29, 1.82) is 0 Å². The van der Waals surface area contributed by atoms with E-state index in [0.29, 0.717) is 0 Å². The predicted molar refractivity (Wildman–Crippen MR) is 98.7 cm³/mol. The average Bonchev–Trinajstić information content (AvgIpc) is 2.56. The van der Waals surface area contributed by atoms with Crippen LogP contribution in [0.25, 0.3) is 0 Å². The summed E-state index contributed by atoms with van der Waals surface area (Å²) in [5.74, 6) is -1.23. The molecule has 6 heteroatoms. The number of carbonyl (C=O) groups is 2. The number of hydrogen-bond acceptors (Lipinski definition) is 4. The molecule has 0 spiro atoms. The van der Waals surface area contributed by atoms with Crippen LogP contribution in [0.3, 0.4) is 0 Å². The normalized spacial score (nSPS) is 11.0. The van der Waals surface area contributed by atoms with E-state index in [9.17, 15) is 9.59 Å². The maximum atomic E-state index is 12.5. The van der Waals surface area contributed by atoms with E-state index >= 15 is 0 Å². The van der Waals surface area contributed by atoms with Crippen LogP contribution in [-0.4, -0.2) is 18.9 Å². The lowest BCUT2D eigenvalue weighted by Crippen LogP contribution is -2.16. The molecule has 23 heavy (non-hydrogen) atoms. The minimum absolute atomic E-state index is 0.126. The van der Waals surface area contributed by atoms with Gasteiger partial charge in [0.25, 0.3) is 0 Å². The molecule has 0 amide bonds. The molecule has 4 nitrogen and oxygen atoms in total. The molecule has 0 fully saturated rings. The first-order valence-corrected chi connectivity index (χ1v) is 8.08. The SMILES string of the molecule is COC(=O)C(=CNc1ccc(I)cc1)C(=O)c1ccccc1Cl. The number of esters is 1. The first kappa shape index (κ1) is 17.5. The topological polar surface area (TPSA) is 55.4 Å². The molecule has 0 aliphatic heterocycles. The molecule has 2 aromatic rings. The molecule has 2 aromatic carbocycles. The fraction of sp³-hybridized carbons (Fsp3) is 0.0588. The van der Waals surface area contributed by atoms with Crippen LogP contribution in [0.2, 0.25) is 5.02 Å². The third kappa shape index (κ3) is 4.56. The van der Waals surface area contributed by atoms with E-state index in [1.54, 1.807) is 24.3 Å². The number of ketones is 1. The molecule has 2 rings (SSSR count). The van der Waals surface area contributed by atoms with Crippen LogP contribution in [0.1, 0.15) is 10.4 Å². The Morgan fingerprint density at radius 1 is 1.13 bits per heavy atom. The highest BCUT2D eigenvalue weighted by Crippen LogP contribution is 2.20. The molecule has 0 heterocycles. The zero-order valence-corrected chi connectivity index (χ0v) is 15.1. The van der Waals surface area contributed by atoms with Gasteiger partial charge in [0.15, 0.2) is 0 Å². The summed E-state index contributed by atoms with van der Waals surface area (Å²) in [4.78, 5) is 24.5. The number of hydrogen-bond donors (Lipinski definition) is 1. The Balaban J connectivity index is 2.31. The predicted octanol–water partition coefficient (Wildman–Crippen LogP) is 4.30. The lowest BCUT2D eigenvalue weighted by Gasteiger charge is -2.08. The van der Waals surface area contributed by atoms with Crippen molar-refractivity contribution in [2.45, 2.75) is 0 Å². The number of rotatable bonds is 5. The van der Waals surface area contributed by atoms with E-state index in [-0.39, 0.29) is 16.2 Å². The summed E-state index contributed by atoms with van der Waals surface area (Å²) in [7, 11) is 1.22. The zero-order chi connectivity index (χ0) is 16.8. The van der Waals surface area contributed by atoms with Crippen molar-refractivity contribution in [3.05, 3.63) is 74.5 Å². The average molecular weight is 442 g/mol. The van der Waals surface area contributed by atoms with E-state index < -0.39 is 11.8 Å². The molecular formula is C17H13ClINO3. The van der Waals surface area contributed by atoms with E-state index in [1.165, 1.54) is 13.3 Å². The van der Waals surface area contributed by atoms with Gasteiger partial charge in [-0.15, -0.1) is 0 Å². The van der Waals surface area contributed by atoms with Crippen LogP contribution in [-0.2, 0) is 9.53 Å². The Bertz CT molecular complexity index is 757. The van der Waals surface area contributed by atoms with Gasteiger partial charge in [-0.25, -0.2) is 4.79 Å². The molecule has 0 unspecified atom stereocenters. The number of ether oxygens (including phenoxy) is 1. The minimum atomic E-state index is -0.729. The van der Waals surface area contributed by atoms with Crippen molar-refractivity contribution in [3.63, 3.8) is 0 Å². The number of anilines is 1. The summed E-state index contributed by atoms with van der Waals surface area (Å²) in [5.41, 5.74) is 0.869. The van der Waals surface area contributed by atoms with Gasteiger partial charge in [0.05, 0.1) is 12.1 Å². The van der Waals surface area contributed by atoms with Gasteiger partial charge in [-0.3, -0.25) is 4.79 Å². The van der Waals surface area contributed by atoms with Crippen LogP contribution < -0.4 is 5.32 Å². The number of benzene rings is 2. The first-order chi connectivity index (χ1) is 11.0. The van der Waals surface area contributed by atoms with Crippen molar-refractivity contribution in [1.82, 2.24) is 0 Å². The molecule has 0 aliphatic rings. The molecule has 0 radical (unpaired) electrons. The van der Waals surface area contributed by atoms with Crippen LogP contribution in [0.15, 0.2) is 60.3 Å². The van der Waals surface area contributed by atoms with E-state index in [2.05, 4.69) is 27.9 Å². The van der Waals surface area contributed by atoms with E-state index in [1.807, 2.05) is 24.3 Å². The number of nitrogens with one attached hydrogen (secondary N) is 1. The summed E-state index contributed by atoms with van der Waals surface area (Å²) in [6.45, 7) is 0. The Kier molecular flexibility index (Phi) is 6.18. The van der Waals surface area contributed by atoms with Crippen molar-refractivity contribution in [2.24, 2.45) is 0 Å². The number of methoxy groups -OCH3 is 1. The minimum Gasteiger partial charge on any atom is -0.465 e. The molecule has 118 valence electrons. The number of Topliss-reactive ketones (excluding diaryl/α,β-unsaturated/α-hetero) is 1. The van der Waals surface area contributed by atoms with Crippen LogP contribution in [0.4, 0.5) is 5.69 Å². The van der Waals surface area contributed by atoms with Crippen LogP contribution in [0, 0.1) is 3.57 Å². The third-order valence-corrected chi connectivity index (χ3v) is 4.04. The highest BCUT2D eigenvalue weighted by Gasteiger charge is 2.22. The first-order valence-electron chi connectivity index (χ1n) is 6.62. The molecule has 0 saturated heterocycles. The smallest absolute Gasteiger partial charge is 0.343 e. The summed E-state index contributed by atoms with van der Waals surface area (Å²) >= 11 is 8.21. The second kappa shape index (κ2) is 8.12. The Hall–Kier alpha value is -1.86. The molecule has 1 N–H and O–H groups in total. The maximum Gasteiger partial charge on any atom is 0.343 e. The second-order valence-corrected chi connectivity index (χ2v) is 6.16. The summed E-state index contributed by atoms with van der Waals surface area (Å²) in [6.07, 6.45) is 1.33. The largest absolute Gasteiger partial charge is 0.465 e. The summed E-state index contributed by atoms with van der Waals surface area (Å²) in [5, 5.41) is 3.21.